The van der Waals surface area contributed by atoms with E-state index in [9.17, 15) is 9.59 Å². The molecule has 0 radical (unpaired) electrons. The molecular weight excluding hydrogens is 374 g/mol. The number of nitrogens with one attached hydrogen (secondary N) is 2. The maximum absolute atomic E-state index is 13.9. The Bertz CT molecular complexity index is 873. The molecule has 3 fully saturated rings. The predicted molar refractivity (Wildman–Crippen MR) is 115 cm³/mol. The topological polar surface area (TPSA) is 53.9 Å². The summed E-state index contributed by atoms with van der Waals surface area (Å²) in [6.45, 7) is 1.51. The molecule has 2 aromatic rings. The van der Waals surface area contributed by atoms with Crippen LogP contribution in [0, 0.1) is 5.92 Å². The Balaban J connectivity index is 1.48. The summed E-state index contributed by atoms with van der Waals surface area (Å²) in [7, 11) is 0. The van der Waals surface area contributed by atoms with Gasteiger partial charge in [0, 0.05) is 5.92 Å². The highest BCUT2D eigenvalue weighted by molar-refractivity contribution is 6.09. The van der Waals surface area contributed by atoms with Crippen molar-refractivity contribution in [3.8, 4) is 0 Å². The second kappa shape index (κ2) is 7.88. The number of rotatable bonds is 4. The van der Waals surface area contributed by atoms with Gasteiger partial charge in [0.2, 0.25) is 0 Å². The largest absolute Gasteiger partial charge is 0.330 e. The number of imide groups is 1. The molecule has 0 aromatic heterocycles. The van der Waals surface area contributed by atoms with Crippen molar-refractivity contribution in [2.24, 2.45) is 5.92 Å². The highest BCUT2D eigenvalue weighted by Gasteiger charge is 2.55. The molecule has 3 aliphatic rings. The maximum Gasteiger partial charge on any atom is 0.330 e. The number of hydrogen-bond acceptors (Lipinski definition) is 2. The number of piperidine rings is 1. The zero-order valence-corrected chi connectivity index (χ0v) is 17.3. The van der Waals surface area contributed by atoms with Gasteiger partial charge in [0.1, 0.15) is 0 Å². The minimum atomic E-state index is -1.15. The first-order valence-electron chi connectivity index (χ1n) is 11.3. The molecule has 2 N–H and O–H groups in total. The average Bonchev–Trinajstić information content (AvgIpc) is 3.06. The second-order valence-corrected chi connectivity index (χ2v) is 9.01. The van der Waals surface area contributed by atoms with Gasteiger partial charge < -0.3 is 10.2 Å². The van der Waals surface area contributed by atoms with Crippen LogP contribution in [-0.4, -0.2) is 36.1 Å². The van der Waals surface area contributed by atoms with E-state index in [2.05, 4.69) is 5.32 Å². The average molecular weight is 405 g/mol. The summed E-state index contributed by atoms with van der Waals surface area (Å²) < 4.78 is 0. The van der Waals surface area contributed by atoms with Crippen LogP contribution in [-0.2, 0) is 10.3 Å². The fraction of sp³-hybridized carbons (Fsp3) is 0.440. The van der Waals surface area contributed by atoms with Crippen LogP contribution < -0.4 is 10.2 Å². The summed E-state index contributed by atoms with van der Waals surface area (Å²) in [6, 6.07) is 19.6. The lowest BCUT2D eigenvalue weighted by atomic mass is 9.78. The van der Waals surface area contributed by atoms with Gasteiger partial charge in [-0.1, -0.05) is 67.1 Å². The third kappa shape index (κ3) is 3.12. The highest BCUT2D eigenvalue weighted by atomic mass is 16.2. The third-order valence-electron chi connectivity index (χ3n) is 7.39. The van der Waals surface area contributed by atoms with E-state index in [1.165, 1.54) is 48.3 Å². The fourth-order valence-corrected chi connectivity index (χ4v) is 5.92. The minimum absolute atomic E-state index is 0.157. The molecular formula is C25H30N3O2+. The van der Waals surface area contributed by atoms with Crippen LogP contribution in [0.3, 0.4) is 0 Å². The van der Waals surface area contributed by atoms with Gasteiger partial charge in [-0.15, -0.1) is 0 Å². The first-order valence-corrected chi connectivity index (χ1v) is 11.3. The number of likely N-dealkylation sites (tertiary alicyclic amines) is 1. The number of urea groups is 1. The number of carbonyl (C=O) groups excluding carboxylic acids is 2. The van der Waals surface area contributed by atoms with Crippen molar-refractivity contribution in [1.82, 2.24) is 10.2 Å². The van der Waals surface area contributed by atoms with Gasteiger partial charge in [0.25, 0.3) is 5.91 Å². The predicted octanol–water partition coefficient (Wildman–Crippen LogP) is 2.68. The van der Waals surface area contributed by atoms with E-state index in [0.717, 1.165) is 23.6 Å². The van der Waals surface area contributed by atoms with E-state index in [0.29, 0.717) is 12.7 Å². The number of hydrogen-bond donors (Lipinski definition) is 2. The molecule has 5 heteroatoms. The van der Waals surface area contributed by atoms with Crippen molar-refractivity contribution >= 4 is 11.9 Å². The van der Waals surface area contributed by atoms with Gasteiger partial charge in [0.05, 0.1) is 12.6 Å². The van der Waals surface area contributed by atoms with E-state index >= 15 is 0 Å². The van der Waals surface area contributed by atoms with Crippen molar-refractivity contribution in [3.63, 3.8) is 0 Å². The Kier molecular flexibility index (Phi) is 5.07. The van der Waals surface area contributed by atoms with E-state index in [1.54, 1.807) is 0 Å². The lowest BCUT2D eigenvalue weighted by molar-refractivity contribution is -0.942. The number of quaternary nitrogens is 1. The van der Waals surface area contributed by atoms with Crippen LogP contribution in [0.1, 0.15) is 49.7 Å². The highest BCUT2D eigenvalue weighted by Crippen LogP contribution is 2.36. The van der Waals surface area contributed by atoms with Crippen LogP contribution in [0.2, 0.25) is 0 Å². The van der Waals surface area contributed by atoms with E-state index in [1.807, 2.05) is 60.7 Å². The van der Waals surface area contributed by atoms with Crippen molar-refractivity contribution in [1.29, 1.82) is 0 Å². The van der Waals surface area contributed by atoms with Gasteiger partial charge >= 0.3 is 6.03 Å². The summed E-state index contributed by atoms with van der Waals surface area (Å²) in [4.78, 5) is 30.0. The molecule has 5 nitrogen and oxygen atoms in total. The van der Waals surface area contributed by atoms with Crippen molar-refractivity contribution in [2.45, 2.75) is 50.1 Å². The molecule has 3 amide bonds. The zero-order chi connectivity index (χ0) is 20.6. The van der Waals surface area contributed by atoms with Gasteiger partial charge in [-0.25, -0.2) is 9.69 Å². The summed E-state index contributed by atoms with van der Waals surface area (Å²) in [5.41, 5.74) is 0.461. The molecule has 1 aliphatic carbocycles. The monoisotopic (exact) mass is 404 g/mol. The Morgan fingerprint density at radius 2 is 1.47 bits per heavy atom. The fourth-order valence-electron chi connectivity index (χ4n) is 5.92. The molecule has 0 bridgehead atoms. The van der Waals surface area contributed by atoms with Gasteiger partial charge in [-0.2, -0.15) is 0 Å². The molecule has 5 rings (SSSR count). The molecule has 30 heavy (non-hydrogen) atoms. The molecule has 2 aliphatic heterocycles. The number of benzene rings is 2. The van der Waals surface area contributed by atoms with Gasteiger partial charge in [-0.05, 0) is 43.2 Å². The summed E-state index contributed by atoms with van der Waals surface area (Å²) in [6.07, 6.45) is 7.58. The minimum Gasteiger partial charge on any atom is -0.315 e. The van der Waals surface area contributed by atoms with Crippen molar-refractivity contribution < 1.29 is 14.5 Å². The van der Waals surface area contributed by atoms with Crippen molar-refractivity contribution in [3.05, 3.63) is 71.8 Å². The molecule has 3 atom stereocenters. The van der Waals surface area contributed by atoms with Crippen LogP contribution in [0.15, 0.2) is 60.7 Å². The quantitative estimate of drug-likeness (QED) is 0.770. The van der Waals surface area contributed by atoms with Crippen molar-refractivity contribution in [2.75, 3.05) is 13.2 Å². The molecule has 0 spiro atoms. The SMILES string of the molecule is O=C1NC(c2ccccc2)(c2ccccc2)C(=O)N1C[NH+]1CCC[C@H]2CCCC[C@@H]21. The summed E-state index contributed by atoms with van der Waals surface area (Å²) >= 11 is 0. The molecule has 156 valence electrons. The molecule has 1 saturated carbocycles. The number of nitrogens with zero attached hydrogens (tertiary/aromatic N) is 1. The Labute approximate surface area is 178 Å². The molecule has 2 heterocycles. The van der Waals surface area contributed by atoms with Crippen LogP contribution in [0.5, 0.6) is 0 Å². The normalized spacial score (nSPS) is 28.1. The number of carbonyl (C=O) groups is 2. The van der Waals surface area contributed by atoms with Crippen LogP contribution in [0.25, 0.3) is 0 Å². The smallest absolute Gasteiger partial charge is 0.315 e. The van der Waals surface area contributed by atoms with Crippen LogP contribution in [0.4, 0.5) is 4.79 Å². The van der Waals surface area contributed by atoms with Gasteiger partial charge in [-0.3, -0.25) is 4.79 Å². The first kappa shape index (κ1) is 19.3. The zero-order valence-electron chi connectivity index (χ0n) is 17.3. The molecule has 2 aromatic carbocycles. The maximum atomic E-state index is 13.9. The molecule has 2 saturated heterocycles. The standard InChI is InChI=1S/C25H29N3O2/c29-23-25(20-12-3-1-4-13-20,21-14-5-2-6-15-21)26-24(30)28(23)18-27-17-9-11-19-10-7-8-16-22(19)27/h1-6,12-15,19,22H,7-11,16-18H2,(H,26,30)/p+1/t19-,22+/m1/s1. The summed E-state index contributed by atoms with van der Waals surface area (Å²) in [5, 5.41) is 3.09. The number of amides is 3. The van der Waals surface area contributed by atoms with E-state index < -0.39 is 5.54 Å². The second-order valence-electron chi connectivity index (χ2n) is 9.01. The Morgan fingerprint density at radius 1 is 0.867 bits per heavy atom. The lowest BCUT2D eigenvalue weighted by Crippen LogP contribution is -3.19. The Hall–Kier alpha value is -2.66. The van der Waals surface area contributed by atoms with Gasteiger partial charge in [0.15, 0.2) is 12.2 Å². The van der Waals surface area contributed by atoms with Crippen LogP contribution >= 0.6 is 0 Å². The molecule has 1 unspecified atom stereocenters. The third-order valence-corrected chi connectivity index (χ3v) is 7.39. The first-order chi connectivity index (χ1) is 14.7. The number of fused-ring (bicyclic) bond motifs is 1. The summed E-state index contributed by atoms with van der Waals surface area (Å²) in [5.74, 6) is 0.589. The lowest BCUT2D eigenvalue weighted by Gasteiger charge is -2.42. The Morgan fingerprint density at radius 3 is 2.13 bits per heavy atom. The van der Waals surface area contributed by atoms with E-state index in [4.69, 9.17) is 0 Å². The van der Waals surface area contributed by atoms with E-state index in [-0.39, 0.29) is 11.9 Å².